The number of nitrogens with two attached hydrogens (primary N) is 1. The molecule has 0 rings (SSSR count). The number of nitrogens with zero attached hydrogens (tertiary/aromatic N) is 1. The Hall–Kier alpha value is -0.160. The van der Waals surface area contributed by atoms with E-state index in [2.05, 4.69) is 18.7 Å². The van der Waals surface area contributed by atoms with Gasteiger partial charge in [0.15, 0.2) is 0 Å². The molecule has 0 bridgehead atoms. The van der Waals surface area contributed by atoms with Gasteiger partial charge < -0.3 is 15.9 Å². The topological polar surface area (TPSA) is 69.7 Å². The summed E-state index contributed by atoms with van der Waals surface area (Å²) in [5.74, 6) is 0. The van der Waals surface area contributed by atoms with E-state index in [-0.39, 0.29) is 18.6 Å². The molecule has 0 aliphatic heterocycles. The Morgan fingerprint density at radius 1 is 1.20 bits per heavy atom. The van der Waals surface area contributed by atoms with Crippen LogP contribution in [0.1, 0.15) is 26.7 Å². The molecule has 4 nitrogen and oxygen atoms in total. The SMILES string of the molecule is CCCC(C)(CN)CN(CCO)CCO. The maximum Gasteiger partial charge on any atom is 0.0558 e. The molecule has 92 valence electrons. The molecule has 0 radical (unpaired) electrons. The van der Waals surface area contributed by atoms with Crippen molar-refractivity contribution in [1.29, 1.82) is 0 Å². The third kappa shape index (κ3) is 6.10. The van der Waals surface area contributed by atoms with Crippen LogP contribution in [0.5, 0.6) is 0 Å². The lowest BCUT2D eigenvalue weighted by Gasteiger charge is -2.34. The maximum atomic E-state index is 8.91. The average Bonchev–Trinajstić information content (AvgIpc) is 2.19. The number of aliphatic hydroxyl groups excluding tert-OH is 2. The van der Waals surface area contributed by atoms with Crippen LogP contribution < -0.4 is 5.73 Å². The molecule has 4 N–H and O–H groups in total. The fourth-order valence-corrected chi connectivity index (χ4v) is 1.94. The standard InChI is InChI=1S/C11H26N2O2/c1-3-4-11(2,9-12)10-13(5-7-14)6-8-15/h14-15H,3-10,12H2,1-2H3. The van der Waals surface area contributed by atoms with Gasteiger partial charge in [-0.2, -0.15) is 0 Å². The normalized spacial score (nSPS) is 15.6. The Labute approximate surface area is 93.1 Å². The first kappa shape index (κ1) is 14.8. The van der Waals surface area contributed by atoms with Crippen molar-refractivity contribution in [1.82, 2.24) is 4.90 Å². The van der Waals surface area contributed by atoms with Crippen LogP contribution in [-0.4, -0.2) is 54.5 Å². The lowest BCUT2D eigenvalue weighted by atomic mass is 9.85. The third-order valence-electron chi connectivity index (χ3n) is 2.78. The van der Waals surface area contributed by atoms with Gasteiger partial charge in [-0.15, -0.1) is 0 Å². The highest BCUT2D eigenvalue weighted by atomic mass is 16.3. The summed E-state index contributed by atoms with van der Waals surface area (Å²) in [6, 6.07) is 0. The van der Waals surface area contributed by atoms with Gasteiger partial charge in [-0.1, -0.05) is 20.3 Å². The predicted octanol–water partition coefficient (Wildman–Crippen LogP) is 0.0381. The minimum atomic E-state index is 0.0963. The highest BCUT2D eigenvalue weighted by molar-refractivity contribution is 4.79. The quantitative estimate of drug-likeness (QED) is 0.511. The van der Waals surface area contributed by atoms with E-state index in [9.17, 15) is 0 Å². The van der Waals surface area contributed by atoms with Crippen LogP contribution >= 0.6 is 0 Å². The summed E-state index contributed by atoms with van der Waals surface area (Å²) in [6.45, 7) is 7.29. The zero-order valence-electron chi connectivity index (χ0n) is 10.1. The van der Waals surface area contributed by atoms with Crippen molar-refractivity contribution < 1.29 is 10.2 Å². The summed E-state index contributed by atoms with van der Waals surface area (Å²) in [5, 5.41) is 17.8. The summed E-state index contributed by atoms with van der Waals surface area (Å²) >= 11 is 0. The van der Waals surface area contributed by atoms with Crippen molar-refractivity contribution in [3.8, 4) is 0 Å². The molecule has 0 saturated heterocycles. The smallest absolute Gasteiger partial charge is 0.0558 e. The molecule has 1 unspecified atom stereocenters. The molecule has 0 aliphatic carbocycles. The minimum Gasteiger partial charge on any atom is -0.395 e. The van der Waals surface area contributed by atoms with Gasteiger partial charge in [0.2, 0.25) is 0 Å². The highest BCUT2D eigenvalue weighted by Crippen LogP contribution is 2.22. The van der Waals surface area contributed by atoms with Gasteiger partial charge in [-0.05, 0) is 18.4 Å². The van der Waals surface area contributed by atoms with Gasteiger partial charge in [0, 0.05) is 19.6 Å². The van der Waals surface area contributed by atoms with Crippen LogP contribution in [0.2, 0.25) is 0 Å². The number of hydrogen-bond acceptors (Lipinski definition) is 4. The zero-order valence-corrected chi connectivity index (χ0v) is 10.1. The summed E-state index contributed by atoms with van der Waals surface area (Å²) in [6.07, 6.45) is 2.19. The molecule has 15 heavy (non-hydrogen) atoms. The molecule has 0 amide bonds. The highest BCUT2D eigenvalue weighted by Gasteiger charge is 2.24. The predicted molar refractivity (Wildman–Crippen MR) is 62.7 cm³/mol. The van der Waals surface area contributed by atoms with E-state index in [1.807, 2.05) is 0 Å². The fraction of sp³-hybridized carbons (Fsp3) is 1.00. The van der Waals surface area contributed by atoms with Gasteiger partial charge in [0.1, 0.15) is 0 Å². The van der Waals surface area contributed by atoms with E-state index in [0.29, 0.717) is 19.6 Å². The van der Waals surface area contributed by atoms with Crippen molar-refractivity contribution in [2.75, 3.05) is 39.4 Å². The first-order valence-electron chi connectivity index (χ1n) is 5.76. The van der Waals surface area contributed by atoms with Crippen LogP contribution in [0.4, 0.5) is 0 Å². The second kappa shape index (κ2) is 8.05. The monoisotopic (exact) mass is 218 g/mol. The molecule has 0 heterocycles. The third-order valence-corrected chi connectivity index (χ3v) is 2.78. The van der Waals surface area contributed by atoms with E-state index in [1.54, 1.807) is 0 Å². The zero-order chi connectivity index (χ0) is 11.7. The lowest BCUT2D eigenvalue weighted by molar-refractivity contribution is 0.110. The molecule has 1 atom stereocenters. The van der Waals surface area contributed by atoms with Gasteiger partial charge in [-0.3, -0.25) is 4.90 Å². The summed E-state index contributed by atoms with van der Waals surface area (Å²) in [5.41, 5.74) is 5.88. The Morgan fingerprint density at radius 2 is 1.73 bits per heavy atom. The largest absolute Gasteiger partial charge is 0.395 e. The number of rotatable bonds is 9. The molecule has 0 aromatic heterocycles. The molecule has 0 spiro atoms. The van der Waals surface area contributed by atoms with Crippen molar-refractivity contribution in [2.24, 2.45) is 11.1 Å². The van der Waals surface area contributed by atoms with Gasteiger partial charge >= 0.3 is 0 Å². The minimum absolute atomic E-state index is 0.0963. The average molecular weight is 218 g/mol. The molecule has 0 aliphatic rings. The maximum absolute atomic E-state index is 8.91. The van der Waals surface area contributed by atoms with Crippen molar-refractivity contribution in [3.63, 3.8) is 0 Å². The van der Waals surface area contributed by atoms with E-state index in [4.69, 9.17) is 15.9 Å². The Balaban J connectivity index is 4.19. The summed E-state index contributed by atoms with van der Waals surface area (Å²) in [7, 11) is 0. The Morgan fingerprint density at radius 3 is 2.07 bits per heavy atom. The molecule has 4 heteroatoms. The molecule has 0 aromatic carbocycles. The van der Waals surface area contributed by atoms with Crippen molar-refractivity contribution in [2.45, 2.75) is 26.7 Å². The molecule has 0 fully saturated rings. The second-order valence-electron chi connectivity index (χ2n) is 4.49. The van der Waals surface area contributed by atoms with Gasteiger partial charge in [0.05, 0.1) is 13.2 Å². The lowest BCUT2D eigenvalue weighted by Crippen LogP contribution is -2.42. The van der Waals surface area contributed by atoms with Crippen molar-refractivity contribution >= 4 is 0 Å². The van der Waals surface area contributed by atoms with Gasteiger partial charge in [0.25, 0.3) is 0 Å². The van der Waals surface area contributed by atoms with Crippen LogP contribution in [0, 0.1) is 5.41 Å². The number of hydrogen-bond donors (Lipinski definition) is 3. The van der Waals surface area contributed by atoms with E-state index >= 15 is 0 Å². The second-order valence-corrected chi connectivity index (χ2v) is 4.49. The summed E-state index contributed by atoms with van der Waals surface area (Å²) in [4.78, 5) is 2.07. The Kier molecular flexibility index (Phi) is 7.96. The number of aliphatic hydroxyl groups is 2. The summed E-state index contributed by atoms with van der Waals surface area (Å²) < 4.78 is 0. The van der Waals surface area contributed by atoms with Crippen LogP contribution in [-0.2, 0) is 0 Å². The molecular formula is C11H26N2O2. The van der Waals surface area contributed by atoms with Crippen LogP contribution in [0.25, 0.3) is 0 Å². The van der Waals surface area contributed by atoms with Crippen LogP contribution in [0.15, 0.2) is 0 Å². The van der Waals surface area contributed by atoms with E-state index < -0.39 is 0 Å². The Bertz CT molecular complexity index is 150. The molecule has 0 aromatic rings. The first-order valence-corrected chi connectivity index (χ1v) is 5.76. The molecule has 0 saturated carbocycles. The van der Waals surface area contributed by atoms with Crippen LogP contribution in [0.3, 0.4) is 0 Å². The van der Waals surface area contributed by atoms with E-state index in [0.717, 1.165) is 19.4 Å². The fourth-order valence-electron chi connectivity index (χ4n) is 1.94. The molecular weight excluding hydrogens is 192 g/mol. The van der Waals surface area contributed by atoms with Gasteiger partial charge in [-0.25, -0.2) is 0 Å². The first-order chi connectivity index (χ1) is 7.11. The van der Waals surface area contributed by atoms with Crippen molar-refractivity contribution in [3.05, 3.63) is 0 Å². The van der Waals surface area contributed by atoms with E-state index in [1.165, 1.54) is 0 Å².